The predicted molar refractivity (Wildman–Crippen MR) is 102 cm³/mol. The van der Waals surface area contributed by atoms with Gasteiger partial charge in [-0.1, -0.05) is 29.8 Å². The lowest BCUT2D eigenvalue weighted by atomic mass is 10.1. The molecule has 0 N–H and O–H groups in total. The normalized spacial score (nSPS) is 15.5. The maximum absolute atomic E-state index is 12.7. The third-order valence-electron chi connectivity index (χ3n) is 4.01. The van der Waals surface area contributed by atoms with E-state index < -0.39 is 10.8 Å². The third kappa shape index (κ3) is 4.01. The number of carbonyl (C=O) groups excluding carboxylic acids is 2. The topological polar surface area (TPSA) is 89.8 Å². The van der Waals surface area contributed by atoms with Crippen molar-refractivity contribution in [1.29, 1.82) is 0 Å². The lowest BCUT2D eigenvalue weighted by Crippen LogP contribution is -2.27. The van der Waals surface area contributed by atoms with Gasteiger partial charge in [0.05, 0.1) is 23.5 Å². The number of imide groups is 1. The average Bonchev–Trinajstić information content (AvgIpc) is 2.89. The SMILES string of the molecule is COc1ccc([N+](=O)[O-])cc1/C=C1/SC(=O)N(Cc2cccc(C)c2)C1=O. The number of hydrogen-bond acceptors (Lipinski definition) is 6. The Balaban J connectivity index is 1.90. The molecule has 0 aromatic heterocycles. The molecule has 138 valence electrons. The average molecular weight is 384 g/mol. The highest BCUT2D eigenvalue weighted by Crippen LogP contribution is 2.35. The van der Waals surface area contributed by atoms with E-state index in [0.717, 1.165) is 27.8 Å². The Morgan fingerprint density at radius 2 is 2.00 bits per heavy atom. The molecule has 0 atom stereocenters. The second kappa shape index (κ2) is 7.63. The Labute approximate surface area is 159 Å². The van der Waals surface area contributed by atoms with Gasteiger partial charge in [0.15, 0.2) is 0 Å². The number of hydrogen-bond donors (Lipinski definition) is 0. The number of rotatable bonds is 5. The van der Waals surface area contributed by atoms with Gasteiger partial charge in [0.1, 0.15) is 5.75 Å². The van der Waals surface area contributed by atoms with Gasteiger partial charge in [-0.3, -0.25) is 24.6 Å². The molecule has 2 amide bonds. The molecule has 2 aromatic rings. The summed E-state index contributed by atoms with van der Waals surface area (Å²) in [5.41, 5.74) is 2.14. The van der Waals surface area contributed by atoms with Crippen LogP contribution in [0, 0.1) is 17.0 Å². The summed E-state index contributed by atoms with van der Waals surface area (Å²) in [4.78, 5) is 36.8. The molecule has 0 saturated carbocycles. The van der Waals surface area contributed by atoms with Gasteiger partial charge in [-0.05, 0) is 36.4 Å². The van der Waals surface area contributed by atoms with Crippen molar-refractivity contribution in [3.63, 3.8) is 0 Å². The number of aryl methyl sites for hydroxylation is 1. The first-order valence-corrected chi connectivity index (χ1v) is 8.84. The number of nitro benzene ring substituents is 1. The smallest absolute Gasteiger partial charge is 0.293 e. The van der Waals surface area contributed by atoms with Crippen LogP contribution in [0.5, 0.6) is 5.75 Å². The maximum atomic E-state index is 12.7. The Hall–Kier alpha value is -3.13. The van der Waals surface area contributed by atoms with Gasteiger partial charge in [-0.2, -0.15) is 0 Å². The maximum Gasteiger partial charge on any atom is 0.293 e. The van der Waals surface area contributed by atoms with Gasteiger partial charge in [-0.25, -0.2) is 0 Å². The van der Waals surface area contributed by atoms with Crippen molar-refractivity contribution in [1.82, 2.24) is 4.90 Å². The molecule has 8 heteroatoms. The summed E-state index contributed by atoms with van der Waals surface area (Å²) < 4.78 is 5.20. The number of amides is 2. The Kier molecular flexibility index (Phi) is 5.27. The summed E-state index contributed by atoms with van der Waals surface area (Å²) in [6, 6.07) is 11.7. The summed E-state index contributed by atoms with van der Waals surface area (Å²) in [5.74, 6) is -0.0499. The van der Waals surface area contributed by atoms with E-state index in [9.17, 15) is 19.7 Å². The van der Waals surface area contributed by atoms with E-state index in [2.05, 4.69) is 0 Å². The number of methoxy groups -OCH3 is 1. The number of carbonyl (C=O) groups is 2. The van der Waals surface area contributed by atoms with Crippen LogP contribution in [-0.2, 0) is 11.3 Å². The van der Waals surface area contributed by atoms with Crippen molar-refractivity contribution < 1.29 is 19.2 Å². The summed E-state index contributed by atoms with van der Waals surface area (Å²) in [7, 11) is 1.43. The van der Waals surface area contributed by atoms with Crippen molar-refractivity contribution in [2.45, 2.75) is 13.5 Å². The molecule has 1 aliphatic heterocycles. The van der Waals surface area contributed by atoms with Crippen LogP contribution in [-0.4, -0.2) is 28.1 Å². The molecule has 0 unspecified atom stereocenters. The highest BCUT2D eigenvalue weighted by molar-refractivity contribution is 8.18. The Morgan fingerprint density at radius 3 is 2.67 bits per heavy atom. The fourth-order valence-electron chi connectivity index (χ4n) is 2.72. The molecular weight excluding hydrogens is 368 g/mol. The fraction of sp³-hybridized carbons (Fsp3) is 0.158. The summed E-state index contributed by atoms with van der Waals surface area (Å²) in [5, 5.41) is 10.6. The second-order valence-corrected chi connectivity index (χ2v) is 6.93. The number of benzene rings is 2. The minimum atomic E-state index is -0.528. The number of non-ortho nitro benzene ring substituents is 1. The molecule has 0 bridgehead atoms. The van der Waals surface area contributed by atoms with E-state index in [1.807, 2.05) is 31.2 Å². The van der Waals surface area contributed by atoms with E-state index in [1.165, 1.54) is 31.4 Å². The van der Waals surface area contributed by atoms with Crippen LogP contribution in [0.2, 0.25) is 0 Å². The Morgan fingerprint density at radius 1 is 1.22 bits per heavy atom. The highest BCUT2D eigenvalue weighted by Gasteiger charge is 2.35. The molecule has 0 radical (unpaired) electrons. The fourth-order valence-corrected chi connectivity index (χ4v) is 3.55. The monoisotopic (exact) mass is 384 g/mol. The molecule has 1 aliphatic rings. The number of thioether (sulfide) groups is 1. The molecule has 7 nitrogen and oxygen atoms in total. The van der Waals surface area contributed by atoms with Crippen molar-refractivity contribution in [2.24, 2.45) is 0 Å². The number of nitro groups is 1. The van der Waals surface area contributed by atoms with Crippen LogP contribution in [0.25, 0.3) is 6.08 Å². The van der Waals surface area contributed by atoms with Crippen LogP contribution in [0.1, 0.15) is 16.7 Å². The molecule has 1 heterocycles. The van der Waals surface area contributed by atoms with E-state index in [0.29, 0.717) is 11.3 Å². The molecule has 1 fully saturated rings. The van der Waals surface area contributed by atoms with Gasteiger partial charge < -0.3 is 4.74 Å². The highest BCUT2D eigenvalue weighted by atomic mass is 32.2. The lowest BCUT2D eigenvalue weighted by molar-refractivity contribution is -0.384. The number of nitrogens with zero attached hydrogens (tertiary/aromatic N) is 2. The zero-order valence-electron chi connectivity index (χ0n) is 14.7. The third-order valence-corrected chi connectivity index (χ3v) is 4.91. The van der Waals surface area contributed by atoms with Crippen LogP contribution in [0.15, 0.2) is 47.4 Å². The van der Waals surface area contributed by atoms with Crippen molar-refractivity contribution >= 4 is 34.7 Å². The van der Waals surface area contributed by atoms with Crippen LogP contribution < -0.4 is 4.74 Å². The standard InChI is InChI=1S/C19H16N2O5S/c1-12-4-3-5-13(8-12)11-20-18(22)17(27-19(20)23)10-14-9-15(21(24)25)6-7-16(14)26-2/h3-10H,11H2,1-2H3/b17-10+. The van der Waals surface area contributed by atoms with Gasteiger partial charge in [0, 0.05) is 17.7 Å². The zero-order valence-corrected chi connectivity index (χ0v) is 15.5. The van der Waals surface area contributed by atoms with Crippen molar-refractivity contribution in [3.8, 4) is 5.75 Å². The van der Waals surface area contributed by atoms with E-state index in [-0.39, 0.29) is 22.4 Å². The van der Waals surface area contributed by atoms with Gasteiger partial charge in [0.2, 0.25) is 0 Å². The van der Waals surface area contributed by atoms with E-state index in [4.69, 9.17) is 4.74 Å². The minimum Gasteiger partial charge on any atom is -0.496 e. The molecule has 0 spiro atoms. The summed E-state index contributed by atoms with van der Waals surface area (Å²) in [6.45, 7) is 2.11. The molecule has 2 aromatic carbocycles. The first-order chi connectivity index (χ1) is 12.9. The minimum absolute atomic E-state index is 0.124. The molecule has 3 rings (SSSR count). The van der Waals surface area contributed by atoms with Gasteiger partial charge in [0.25, 0.3) is 16.8 Å². The molecule has 1 saturated heterocycles. The Bertz CT molecular complexity index is 970. The first kappa shape index (κ1) is 18.7. The molecular formula is C19H16N2O5S. The lowest BCUT2D eigenvalue weighted by Gasteiger charge is -2.12. The van der Waals surface area contributed by atoms with Crippen LogP contribution in [0.4, 0.5) is 10.5 Å². The summed E-state index contributed by atoms with van der Waals surface area (Å²) in [6.07, 6.45) is 1.45. The summed E-state index contributed by atoms with van der Waals surface area (Å²) >= 11 is 0.807. The van der Waals surface area contributed by atoms with E-state index >= 15 is 0 Å². The van der Waals surface area contributed by atoms with Gasteiger partial charge in [-0.15, -0.1) is 0 Å². The van der Waals surface area contributed by atoms with E-state index in [1.54, 1.807) is 0 Å². The van der Waals surface area contributed by atoms with Crippen molar-refractivity contribution in [2.75, 3.05) is 7.11 Å². The quantitative estimate of drug-likeness (QED) is 0.437. The van der Waals surface area contributed by atoms with Crippen molar-refractivity contribution in [3.05, 3.63) is 74.2 Å². The first-order valence-electron chi connectivity index (χ1n) is 8.02. The molecule has 0 aliphatic carbocycles. The number of ether oxygens (including phenoxy) is 1. The van der Waals surface area contributed by atoms with Crippen LogP contribution in [0.3, 0.4) is 0 Å². The molecule has 27 heavy (non-hydrogen) atoms. The van der Waals surface area contributed by atoms with Gasteiger partial charge >= 0.3 is 0 Å². The predicted octanol–water partition coefficient (Wildman–Crippen LogP) is 4.15. The van der Waals surface area contributed by atoms with Crippen LogP contribution >= 0.6 is 11.8 Å². The largest absolute Gasteiger partial charge is 0.496 e. The second-order valence-electron chi connectivity index (χ2n) is 5.94. The zero-order chi connectivity index (χ0) is 19.6.